The third-order valence-electron chi connectivity index (χ3n) is 5.66. The van der Waals surface area contributed by atoms with Gasteiger partial charge in [0.2, 0.25) is 10.0 Å². The predicted octanol–water partition coefficient (Wildman–Crippen LogP) is 6.12. The highest BCUT2D eigenvalue weighted by molar-refractivity contribution is 7.93. The molecule has 0 unspecified atom stereocenters. The molecule has 0 saturated carbocycles. The predicted molar refractivity (Wildman–Crippen MR) is 140 cm³/mol. The molecule has 2 aromatic carbocycles. The van der Waals surface area contributed by atoms with Crippen LogP contribution in [0, 0.1) is 11.6 Å². The summed E-state index contributed by atoms with van der Waals surface area (Å²) in [6, 6.07) is 11.0. The molecule has 0 spiro atoms. The van der Waals surface area contributed by atoms with Crippen LogP contribution in [0.3, 0.4) is 0 Å². The standard InChI is InChI=1S/C26H22ClF2N3O5S/c1-2-37-26(34)32(23-10-9-19(28)13-22(23)29)38(35,36)11-3-4-24(33)21-15-31-25-20(21)12-17(14-30-25)16-5-7-18(27)8-6-16/h5-10,12-15H,2-4,11H2,1H3,(H,30,31). The summed E-state index contributed by atoms with van der Waals surface area (Å²) in [5.74, 6) is -3.20. The Morgan fingerprint density at radius 2 is 1.82 bits per heavy atom. The van der Waals surface area contributed by atoms with Crippen LogP contribution < -0.4 is 4.31 Å². The summed E-state index contributed by atoms with van der Waals surface area (Å²) in [6.45, 7) is 1.29. The molecule has 8 nitrogen and oxygen atoms in total. The van der Waals surface area contributed by atoms with Crippen LogP contribution in [-0.2, 0) is 14.8 Å². The van der Waals surface area contributed by atoms with Crippen LogP contribution in [0.1, 0.15) is 30.1 Å². The molecule has 12 heteroatoms. The van der Waals surface area contributed by atoms with Crippen molar-refractivity contribution in [2.45, 2.75) is 19.8 Å². The Labute approximate surface area is 222 Å². The molecule has 0 radical (unpaired) electrons. The van der Waals surface area contributed by atoms with Crippen molar-refractivity contribution in [1.82, 2.24) is 9.97 Å². The van der Waals surface area contributed by atoms with Crippen LogP contribution in [0.4, 0.5) is 19.3 Å². The minimum Gasteiger partial charge on any atom is -0.449 e. The Bertz CT molecular complexity index is 1610. The van der Waals surface area contributed by atoms with Gasteiger partial charge in [-0.2, -0.15) is 4.31 Å². The van der Waals surface area contributed by atoms with Gasteiger partial charge >= 0.3 is 6.09 Å². The largest absolute Gasteiger partial charge is 0.449 e. The van der Waals surface area contributed by atoms with Gasteiger partial charge in [0.05, 0.1) is 18.0 Å². The molecule has 0 aliphatic heterocycles. The first-order chi connectivity index (χ1) is 18.1. The Morgan fingerprint density at radius 3 is 2.50 bits per heavy atom. The van der Waals surface area contributed by atoms with E-state index in [2.05, 4.69) is 9.97 Å². The fourth-order valence-corrected chi connectivity index (χ4v) is 5.41. The number of carbonyl (C=O) groups is 2. The van der Waals surface area contributed by atoms with Crippen molar-refractivity contribution in [1.29, 1.82) is 0 Å². The van der Waals surface area contributed by atoms with Crippen molar-refractivity contribution in [3.05, 3.63) is 83.1 Å². The number of amides is 1. The maximum atomic E-state index is 14.4. The number of aromatic amines is 1. The maximum Gasteiger partial charge on any atom is 0.428 e. The normalized spacial score (nSPS) is 11.5. The average molecular weight is 562 g/mol. The zero-order valence-electron chi connectivity index (χ0n) is 20.1. The molecule has 198 valence electrons. The molecule has 2 heterocycles. The molecule has 0 atom stereocenters. The number of nitrogens with one attached hydrogen (secondary N) is 1. The summed E-state index contributed by atoms with van der Waals surface area (Å²) in [5.41, 5.74) is 1.75. The first-order valence-corrected chi connectivity index (χ1v) is 13.5. The minimum absolute atomic E-state index is 0.157. The monoisotopic (exact) mass is 561 g/mol. The van der Waals surface area contributed by atoms with Gasteiger partial charge in [-0.3, -0.25) is 4.79 Å². The number of Topliss-reactive ketones (excluding diaryl/α,β-unsaturated/α-hetero) is 1. The molecule has 38 heavy (non-hydrogen) atoms. The van der Waals surface area contributed by atoms with Gasteiger partial charge in [0.1, 0.15) is 11.5 Å². The summed E-state index contributed by atoms with van der Waals surface area (Å²) < 4.78 is 58.7. The number of nitrogens with zero attached hydrogens (tertiary/aromatic N) is 2. The van der Waals surface area contributed by atoms with Crippen molar-refractivity contribution in [2.75, 3.05) is 16.7 Å². The fourth-order valence-electron chi connectivity index (χ4n) is 3.87. The van der Waals surface area contributed by atoms with Gasteiger partial charge in [0, 0.05) is 46.4 Å². The highest BCUT2D eigenvalue weighted by atomic mass is 35.5. The van der Waals surface area contributed by atoms with E-state index in [9.17, 15) is 26.8 Å². The quantitative estimate of drug-likeness (QED) is 0.247. The molecule has 2 aromatic heterocycles. The van der Waals surface area contributed by atoms with Crippen molar-refractivity contribution in [3.63, 3.8) is 0 Å². The lowest BCUT2D eigenvalue weighted by Gasteiger charge is -2.22. The van der Waals surface area contributed by atoms with Crippen LogP contribution in [0.15, 0.2) is 60.9 Å². The number of aromatic nitrogens is 2. The van der Waals surface area contributed by atoms with E-state index in [-0.39, 0.29) is 29.5 Å². The van der Waals surface area contributed by atoms with Crippen molar-refractivity contribution >= 4 is 50.2 Å². The average Bonchev–Trinajstić information content (AvgIpc) is 3.29. The van der Waals surface area contributed by atoms with Crippen LogP contribution >= 0.6 is 11.6 Å². The van der Waals surface area contributed by atoms with E-state index in [0.717, 1.165) is 23.3 Å². The number of hydrogen-bond donors (Lipinski definition) is 1. The second-order valence-corrected chi connectivity index (χ2v) is 10.6. The Morgan fingerprint density at radius 1 is 1.08 bits per heavy atom. The van der Waals surface area contributed by atoms with Gasteiger partial charge in [-0.05, 0) is 49.2 Å². The van der Waals surface area contributed by atoms with Gasteiger partial charge in [0.15, 0.2) is 11.6 Å². The van der Waals surface area contributed by atoms with Crippen LogP contribution in [0.25, 0.3) is 22.2 Å². The number of hydrogen-bond acceptors (Lipinski definition) is 6. The minimum atomic E-state index is -4.47. The van der Waals surface area contributed by atoms with Gasteiger partial charge in [-0.1, -0.05) is 23.7 Å². The number of sulfonamides is 1. The summed E-state index contributed by atoms with van der Waals surface area (Å²) in [5, 5.41) is 1.14. The molecular weight excluding hydrogens is 540 g/mol. The smallest absolute Gasteiger partial charge is 0.428 e. The Hall–Kier alpha value is -3.83. The highest BCUT2D eigenvalue weighted by Crippen LogP contribution is 2.28. The number of halogens is 3. The Balaban J connectivity index is 1.52. The lowest BCUT2D eigenvalue weighted by atomic mass is 10.0. The number of fused-ring (bicyclic) bond motifs is 1. The van der Waals surface area contributed by atoms with Crippen molar-refractivity contribution in [3.8, 4) is 11.1 Å². The van der Waals surface area contributed by atoms with Crippen LogP contribution in [-0.4, -0.2) is 42.6 Å². The van der Waals surface area contributed by atoms with Gasteiger partial charge in [-0.25, -0.2) is 27.0 Å². The van der Waals surface area contributed by atoms with Crippen LogP contribution in [0.5, 0.6) is 0 Å². The SMILES string of the molecule is CCOC(=O)N(c1ccc(F)cc1F)S(=O)(=O)CCCC(=O)c1c[nH]c2ncc(-c3ccc(Cl)cc3)cc12. The first kappa shape index (κ1) is 27.2. The number of H-pyrrole nitrogens is 1. The van der Waals surface area contributed by atoms with E-state index in [4.69, 9.17) is 16.3 Å². The zero-order valence-corrected chi connectivity index (χ0v) is 21.7. The van der Waals surface area contributed by atoms with E-state index >= 15 is 0 Å². The van der Waals surface area contributed by atoms with E-state index in [0.29, 0.717) is 27.7 Å². The summed E-state index contributed by atoms with van der Waals surface area (Å²) in [6.07, 6.45) is 1.47. The molecule has 1 N–H and O–H groups in total. The summed E-state index contributed by atoms with van der Waals surface area (Å²) in [7, 11) is -4.47. The first-order valence-electron chi connectivity index (χ1n) is 11.5. The van der Waals surface area contributed by atoms with Gasteiger partial charge in [-0.15, -0.1) is 0 Å². The molecule has 4 aromatic rings. The number of rotatable bonds is 9. The second-order valence-electron chi connectivity index (χ2n) is 8.23. The van der Waals surface area contributed by atoms with E-state index in [1.54, 1.807) is 24.4 Å². The number of ether oxygens (including phenoxy) is 1. The third-order valence-corrected chi connectivity index (χ3v) is 7.61. The van der Waals surface area contributed by atoms with Gasteiger partial charge in [0.25, 0.3) is 0 Å². The fraction of sp³-hybridized carbons (Fsp3) is 0.192. The molecular formula is C26H22ClF2N3O5S. The van der Waals surface area contributed by atoms with Crippen molar-refractivity contribution in [2.24, 2.45) is 0 Å². The second kappa shape index (κ2) is 11.3. The molecule has 1 amide bonds. The molecule has 0 aliphatic carbocycles. The van der Waals surface area contributed by atoms with E-state index in [1.807, 2.05) is 12.1 Å². The molecule has 4 rings (SSSR count). The lowest BCUT2D eigenvalue weighted by molar-refractivity contribution is 0.0983. The zero-order chi connectivity index (χ0) is 27.4. The molecule has 0 bridgehead atoms. The molecule has 0 saturated heterocycles. The number of ketones is 1. The Kier molecular flexibility index (Phi) is 8.08. The van der Waals surface area contributed by atoms with Crippen LogP contribution in [0.2, 0.25) is 5.02 Å². The van der Waals surface area contributed by atoms with Gasteiger partial charge < -0.3 is 9.72 Å². The van der Waals surface area contributed by atoms with Crippen molar-refractivity contribution < 1.29 is 31.5 Å². The maximum absolute atomic E-state index is 14.4. The number of pyridine rings is 1. The van der Waals surface area contributed by atoms with E-state index in [1.165, 1.54) is 13.1 Å². The molecule has 0 aliphatic rings. The number of anilines is 1. The third kappa shape index (κ3) is 5.84. The topological polar surface area (TPSA) is 109 Å². The summed E-state index contributed by atoms with van der Waals surface area (Å²) >= 11 is 5.95. The molecule has 0 fully saturated rings. The summed E-state index contributed by atoms with van der Waals surface area (Å²) in [4.78, 5) is 32.7. The van der Waals surface area contributed by atoms with E-state index < -0.39 is 39.2 Å². The number of benzene rings is 2. The highest BCUT2D eigenvalue weighted by Gasteiger charge is 2.33. The number of carbonyl (C=O) groups excluding carboxylic acids is 2. The lowest BCUT2D eigenvalue weighted by Crippen LogP contribution is -2.39.